The van der Waals surface area contributed by atoms with Crippen molar-refractivity contribution in [2.75, 3.05) is 20.8 Å². The Labute approximate surface area is 117 Å². The van der Waals surface area contributed by atoms with Gasteiger partial charge in [0.2, 0.25) is 10.0 Å². The summed E-state index contributed by atoms with van der Waals surface area (Å²) >= 11 is 0. The summed E-state index contributed by atoms with van der Waals surface area (Å²) in [7, 11) is -1.06. The van der Waals surface area contributed by atoms with Gasteiger partial charge in [0.15, 0.2) is 6.29 Å². The number of carboxylic acid groups (broad SMARTS) is 1. The number of nitrogens with one attached hydrogen (secondary N) is 1. The fourth-order valence-corrected chi connectivity index (χ4v) is 2.83. The summed E-state index contributed by atoms with van der Waals surface area (Å²) in [6, 6.07) is 3.92. The number of rotatable bonds is 7. The molecule has 1 rings (SSSR count). The van der Waals surface area contributed by atoms with Crippen LogP contribution in [0.2, 0.25) is 0 Å². The van der Waals surface area contributed by atoms with Crippen molar-refractivity contribution in [2.24, 2.45) is 0 Å². The monoisotopic (exact) mass is 303 g/mol. The van der Waals surface area contributed by atoms with Gasteiger partial charge >= 0.3 is 5.97 Å². The molecule has 0 fully saturated rings. The van der Waals surface area contributed by atoms with E-state index in [9.17, 15) is 13.2 Å². The van der Waals surface area contributed by atoms with Crippen LogP contribution in [-0.2, 0) is 19.5 Å². The SMILES string of the molecule is COC(CNS(=O)(=O)c1cc(C(=O)O)ccc1C)OC. The molecule has 0 aliphatic rings. The van der Waals surface area contributed by atoms with E-state index >= 15 is 0 Å². The quantitative estimate of drug-likeness (QED) is 0.715. The van der Waals surface area contributed by atoms with Crippen LogP contribution in [0.4, 0.5) is 0 Å². The van der Waals surface area contributed by atoms with Crippen molar-refractivity contribution in [2.45, 2.75) is 18.1 Å². The van der Waals surface area contributed by atoms with Crippen molar-refractivity contribution < 1.29 is 27.8 Å². The van der Waals surface area contributed by atoms with E-state index < -0.39 is 22.3 Å². The minimum atomic E-state index is -3.84. The molecule has 1 aromatic rings. The van der Waals surface area contributed by atoms with Crippen molar-refractivity contribution in [3.8, 4) is 0 Å². The Kier molecular flexibility index (Phi) is 5.63. The summed E-state index contributed by atoms with van der Waals surface area (Å²) in [4.78, 5) is 10.8. The van der Waals surface area contributed by atoms with E-state index in [1.807, 2.05) is 0 Å². The van der Waals surface area contributed by atoms with E-state index in [1.165, 1.54) is 26.4 Å². The average molecular weight is 303 g/mol. The van der Waals surface area contributed by atoms with Crippen LogP contribution in [0.25, 0.3) is 0 Å². The van der Waals surface area contributed by atoms with E-state index in [0.717, 1.165) is 6.07 Å². The van der Waals surface area contributed by atoms with Gasteiger partial charge in [-0.25, -0.2) is 17.9 Å². The number of hydrogen-bond acceptors (Lipinski definition) is 5. The van der Waals surface area contributed by atoms with E-state index in [1.54, 1.807) is 6.92 Å². The van der Waals surface area contributed by atoms with Gasteiger partial charge in [-0.2, -0.15) is 0 Å². The summed E-state index contributed by atoms with van der Waals surface area (Å²) in [5.41, 5.74) is 0.361. The molecule has 0 heterocycles. The Morgan fingerprint density at radius 2 is 1.95 bits per heavy atom. The molecule has 8 heteroatoms. The average Bonchev–Trinajstić information content (AvgIpc) is 2.39. The number of ether oxygens (including phenoxy) is 2. The summed E-state index contributed by atoms with van der Waals surface area (Å²) in [6.07, 6.45) is -0.715. The molecule has 0 bridgehead atoms. The molecular formula is C12H17NO6S. The lowest BCUT2D eigenvalue weighted by atomic mass is 10.1. The smallest absolute Gasteiger partial charge is 0.335 e. The largest absolute Gasteiger partial charge is 0.478 e. The van der Waals surface area contributed by atoms with E-state index in [-0.39, 0.29) is 17.0 Å². The molecule has 0 unspecified atom stereocenters. The number of carboxylic acids is 1. The fourth-order valence-electron chi connectivity index (χ4n) is 1.54. The molecule has 0 spiro atoms. The number of benzene rings is 1. The lowest BCUT2D eigenvalue weighted by molar-refractivity contribution is -0.0960. The first-order chi connectivity index (χ1) is 9.31. The van der Waals surface area contributed by atoms with Crippen LogP contribution in [0.15, 0.2) is 23.1 Å². The van der Waals surface area contributed by atoms with Crippen molar-refractivity contribution in [1.29, 1.82) is 0 Å². The Bertz CT molecular complexity index is 580. The summed E-state index contributed by atoms with van der Waals surface area (Å²) < 4.78 is 36.4. The third-order valence-electron chi connectivity index (χ3n) is 2.69. The zero-order valence-corrected chi connectivity index (χ0v) is 12.2. The second-order valence-electron chi connectivity index (χ2n) is 4.04. The topological polar surface area (TPSA) is 102 Å². The van der Waals surface area contributed by atoms with E-state index in [4.69, 9.17) is 14.6 Å². The van der Waals surface area contributed by atoms with Crippen molar-refractivity contribution in [1.82, 2.24) is 4.72 Å². The highest BCUT2D eigenvalue weighted by molar-refractivity contribution is 7.89. The number of sulfonamides is 1. The maximum absolute atomic E-state index is 12.1. The van der Waals surface area contributed by atoms with Crippen molar-refractivity contribution >= 4 is 16.0 Å². The maximum Gasteiger partial charge on any atom is 0.335 e. The Balaban J connectivity index is 3.03. The molecule has 0 radical (unpaired) electrons. The van der Waals surface area contributed by atoms with Crippen LogP contribution in [0.1, 0.15) is 15.9 Å². The van der Waals surface area contributed by atoms with Gasteiger partial charge in [0.1, 0.15) is 0 Å². The van der Waals surface area contributed by atoms with Crippen molar-refractivity contribution in [3.63, 3.8) is 0 Å². The molecule has 2 N–H and O–H groups in total. The number of aromatic carboxylic acids is 1. The lowest BCUT2D eigenvalue weighted by Crippen LogP contribution is -2.34. The second kappa shape index (κ2) is 6.80. The molecule has 7 nitrogen and oxygen atoms in total. The highest BCUT2D eigenvalue weighted by Crippen LogP contribution is 2.17. The summed E-state index contributed by atoms with van der Waals surface area (Å²) in [5, 5.41) is 8.90. The molecule has 20 heavy (non-hydrogen) atoms. The summed E-state index contributed by atoms with van der Waals surface area (Å²) in [6.45, 7) is 1.51. The molecule has 0 saturated heterocycles. The van der Waals surface area contributed by atoms with Gasteiger partial charge < -0.3 is 14.6 Å². The predicted molar refractivity (Wildman–Crippen MR) is 71.1 cm³/mol. The van der Waals surface area contributed by atoms with Gasteiger partial charge in [0, 0.05) is 14.2 Å². The first-order valence-corrected chi connectivity index (χ1v) is 7.19. The minimum absolute atomic E-state index is 0.0773. The predicted octanol–water partition coefficient (Wildman–Crippen LogP) is 0.590. The molecule has 1 aromatic carbocycles. The molecule has 0 amide bonds. The van der Waals surface area contributed by atoms with Gasteiger partial charge in [-0.05, 0) is 24.6 Å². The van der Waals surface area contributed by atoms with E-state index in [2.05, 4.69) is 4.72 Å². The zero-order chi connectivity index (χ0) is 15.3. The third-order valence-corrected chi connectivity index (χ3v) is 4.26. The second-order valence-corrected chi connectivity index (χ2v) is 5.77. The molecule has 0 aliphatic heterocycles. The molecule has 0 aromatic heterocycles. The Morgan fingerprint density at radius 1 is 1.35 bits per heavy atom. The maximum atomic E-state index is 12.1. The van der Waals surface area contributed by atoms with Crippen LogP contribution in [0.5, 0.6) is 0 Å². The molecule has 112 valence electrons. The molecular weight excluding hydrogens is 286 g/mol. The Morgan fingerprint density at radius 3 is 2.45 bits per heavy atom. The number of aryl methyl sites for hydroxylation is 1. The summed E-state index contributed by atoms with van der Waals surface area (Å²) in [5.74, 6) is -1.19. The number of carbonyl (C=O) groups is 1. The Hall–Kier alpha value is -1.48. The highest BCUT2D eigenvalue weighted by Gasteiger charge is 2.20. The van der Waals surface area contributed by atoms with Gasteiger partial charge in [0.25, 0.3) is 0 Å². The standard InChI is InChI=1S/C12H17NO6S/c1-8-4-5-9(12(14)15)6-10(8)20(16,17)13-7-11(18-2)19-3/h4-6,11,13H,7H2,1-3H3,(H,14,15). The fraction of sp³-hybridized carbons (Fsp3) is 0.417. The first kappa shape index (κ1) is 16.6. The zero-order valence-electron chi connectivity index (χ0n) is 11.4. The minimum Gasteiger partial charge on any atom is -0.478 e. The van der Waals surface area contributed by atoms with Gasteiger partial charge in [-0.3, -0.25) is 0 Å². The van der Waals surface area contributed by atoms with Crippen LogP contribution >= 0.6 is 0 Å². The number of hydrogen-bond donors (Lipinski definition) is 2. The normalized spacial score (nSPS) is 11.8. The van der Waals surface area contributed by atoms with Crippen LogP contribution < -0.4 is 4.72 Å². The first-order valence-electron chi connectivity index (χ1n) is 5.71. The lowest BCUT2D eigenvalue weighted by Gasteiger charge is -2.15. The third kappa shape index (κ3) is 4.01. The molecule has 0 atom stereocenters. The van der Waals surface area contributed by atoms with Crippen LogP contribution in [0, 0.1) is 6.92 Å². The van der Waals surface area contributed by atoms with Crippen molar-refractivity contribution in [3.05, 3.63) is 29.3 Å². The van der Waals surface area contributed by atoms with Gasteiger partial charge in [-0.15, -0.1) is 0 Å². The molecule has 0 saturated carbocycles. The van der Waals surface area contributed by atoms with E-state index in [0.29, 0.717) is 5.56 Å². The van der Waals surface area contributed by atoms with Crippen LogP contribution in [-0.4, -0.2) is 46.5 Å². The highest BCUT2D eigenvalue weighted by atomic mass is 32.2. The molecule has 0 aliphatic carbocycles. The van der Waals surface area contributed by atoms with Crippen LogP contribution in [0.3, 0.4) is 0 Å². The van der Waals surface area contributed by atoms with Gasteiger partial charge in [0.05, 0.1) is 17.0 Å². The number of methoxy groups -OCH3 is 2. The van der Waals surface area contributed by atoms with Gasteiger partial charge in [-0.1, -0.05) is 6.07 Å².